The Balaban J connectivity index is 1.70. The minimum atomic E-state index is -5.10. The van der Waals surface area contributed by atoms with Crippen LogP contribution in [0, 0.1) is 0 Å². The van der Waals surface area contributed by atoms with E-state index in [1.165, 1.54) is 12.1 Å². The molecule has 3 aromatic carbocycles. The van der Waals surface area contributed by atoms with Crippen molar-refractivity contribution in [3.63, 3.8) is 0 Å². The lowest BCUT2D eigenvalue weighted by Gasteiger charge is -2.19. The maximum Gasteiger partial charge on any atom is 0.416 e. The fourth-order valence-electron chi connectivity index (χ4n) is 4.12. The van der Waals surface area contributed by atoms with Crippen molar-refractivity contribution >= 4 is 22.5 Å². The zero-order chi connectivity index (χ0) is 27.9. The lowest BCUT2D eigenvalue weighted by molar-refractivity contribution is -0.143. The Bertz CT molecular complexity index is 1420. The molecule has 200 valence electrons. The van der Waals surface area contributed by atoms with Gasteiger partial charge < -0.3 is 10.3 Å². The van der Waals surface area contributed by atoms with E-state index in [2.05, 4.69) is 10.3 Å². The van der Waals surface area contributed by atoms with Gasteiger partial charge >= 0.3 is 18.5 Å². The number of fused-ring (bicyclic) bond motifs is 1. The molecule has 0 unspecified atom stereocenters. The van der Waals surface area contributed by atoms with Crippen LogP contribution in [0.25, 0.3) is 10.9 Å². The predicted octanol–water partition coefficient (Wildman–Crippen LogP) is 8.39. The summed E-state index contributed by atoms with van der Waals surface area (Å²) in [6.07, 6.45) is -13.7. The summed E-state index contributed by atoms with van der Waals surface area (Å²) in [5, 5.41) is 2.73. The number of nitrogens with one attached hydrogen (secondary N) is 2. The topological polar surface area (TPSA) is 44.9 Å². The molecule has 0 aliphatic heterocycles. The molecule has 0 radical (unpaired) electrons. The van der Waals surface area contributed by atoms with E-state index in [9.17, 15) is 44.3 Å². The predicted molar refractivity (Wildman–Crippen MR) is 121 cm³/mol. The van der Waals surface area contributed by atoms with Gasteiger partial charge in [-0.15, -0.1) is 0 Å². The van der Waals surface area contributed by atoms with Gasteiger partial charge in [0.1, 0.15) is 0 Å². The smallest absolute Gasteiger partial charge is 0.361 e. The van der Waals surface area contributed by atoms with Gasteiger partial charge in [0.05, 0.1) is 16.7 Å². The normalized spacial score (nSPS) is 13.5. The Morgan fingerprint density at radius 3 is 1.84 bits per heavy atom. The van der Waals surface area contributed by atoms with Gasteiger partial charge in [-0.05, 0) is 47.5 Å². The average molecular weight is 544 g/mol. The van der Waals surface area contributed by atoms with Crippen molar-refractivity contribution in [2.75, 3.05) is 5.32 Å². The van der Waals surface area contributed by atoms with Crippen molar-refractivity contribution in [3.8, 4) is 0 Å². The first kappa shape index (κ1) is 27.1. The zero-order valence-electron chi connectivity index (χ0n) is 19.0. The molecule has 2 N–H and O–H groups in total. The number of carbonyl (C=O) groups excluding carboxylic acids is 1. The van der Waals surface area contributed by atoms with Crippen molar-refractivity contribution in [3.05, 3.63) is 101 Å². The SMILES string of the molecule is O=C(C[C@@H](c1ccc(C(F)(F)F)cc1)c1c[nH]c2ccccc12)Nc1cc(C(F)(F)F)cc(C(F)(F)F)c1. The molecule has 0 aliphatic carbocycles. The van der Waals surface area contributed by atoms with Gasteiger partial charge in [-0.3, -0.25) is 4.79 Å². The number of amides is 1. The second-order valence-electron chi connectivity index (χ2n) is 8.51. The van der Waals surface area contributed by atoms with Crippen LogP contribution in [0.1, 0.15) is 40.2 Å². The standard InChI is InChI=1S/C26H17F9N2O/c27-24(28,29)15-7-5-14(6-8-15)20(21-13-36-22-4-2-1-3-19(21)22)12-23(38)37-18-10-16(25(30,31)32)9-17(11-18)26(33,34)35/h1-11,13,20,36H,12H2,(H,37,38)/t20-/m0/s1. The first-order valence-corrected chi connectivity index (χ1v) is 11.0. The molecule has 0 bridgehead atoms. The summed E-state index contributed by atoms with van der Waals surface area (Å²) in [6, 6.07) is 11.6. The lowest BCUT2D eigenvalue weighted by Crippen LogP contribution is -2.18. The van der Waals surface area contributed by atoms with Gasteiger partial charge in [0.15, 0.2) is 0 Å². The molecule has 4 aromatic rings. The number of alkyl halides is 9. The van der Waals surface area contributed by atoms with Crippen LogP contribution in [0.2, 0.25) is 0 Å². The minimum absolute atomic E-state index is 0.0629. The van der Waals surface area contributed by atoms with Gasteiger partial charge in [0.2, 0.25) is 5.91 Å². The summed E-state index contributed by atoms with van der Waals surface area (Å²) in [7, 11) is 0. The molecular weight excluding hydrogens is 527 g/mol. The van der Waals surface area contributed by atoms with E-state index in [0.29, 0.717) is 28.6 Å². The number of anilines is 1. The van der Waals surface area contributed by atoms with E-state index in [1.54, 1.807) is 30.5 Å². The number of halogens is 9. The molecule has 12 heteroatoms. The third-order valence-corrected chi connectivity index (χ3v) is 5.90. The largest absolute Gasteiger partial charge is 0.416 e. The number of rotatable bonds is 5. The second kappa shape index (κ2) is 9.73. The summed E-state index contributed by atoms with van der Waals surface area (Å²) in [5.74, 6) is -1.81. The van der Waals surface area contributed by atoms with E-state index in [4.69, 9.17) is 0 Å². The molecule has 3 nitrogen and oxygen atoms in total. The molecule has 0 aliphatic rings. The number of hydrogen-bond donors (Lipinski definition) is 2. The molecule has 1 heterocycles. The zero-order valence-corrected chi connectivity index (χ0v) is 19.0. The highest BCUT2D eigenvalue weighted by molar-refractivity contribution is 5.93. The van der Waals surface area contributed by atoms with Crippen LogP contribution in [0.3, 0.4) is 0 Å². The van der Waals surface area contributed by atoms with E-state index >= 15 is 0 Å². The maximum absolute atomic E-state index is 13.2. The first-order valence-electron chi connectivity index (χ1n) is 11.0. The summed E-state index contributed by atoms with van der Waals surface area (Å²) in [5.41, 5.74) is -3.38. The van der Waals surface area contributed by atoms with Crippen LogP contribution >= 0.6 is 0 Å². The van der Waals surface area contributed by atoms with Gasteiger partial charge in [0.25, 0.3) is 0 Å². The van der Waals surface area contributed by atoms with E-state index < -0.39 is 59.2 Å². The van der Waals surface area contributed by atoms with Crippen LogP contribution in [-0.4, -0.2) is 10.9 Å². The highest BCUT2D eigenvalue weighted by atomic mass is 19.4. The number of carbonyl (C=O) groups is 1. The Hall–Kier alpha value is -3.96. The average Bonchev–Trinajstić information content (AvgIpc) is 3.25. The Morgan fingerprint density at radius 2 is 1.29 bits per heavy atom. The lowest BCUT2D eigenvalue weighted by atomic mass is 9.87. The quantitative estimate of drug-likeness (QED) is 0.244. The molecule has 0 saturated heterocycles. The second-order valence-corrected chi connectivity index (χ2v) is 8.51. The first-order chi connectivity index (χ1) is 17.6. The van der Waals surface area contributed by atoms with Crippen molar-refractivity contribution in [2.45, 2.75) is 30.9 Å². The van der Waals surface area contributed by atoms with Crippen molar-refractivity contribution < 1.29 is 44.3 Å². The molecule has 1 aromatic heterocycles. The third kappa shape index (κ3) is 5.95. The van der Waals surface area contributed by atoms with Crippen molar-refractivity contribution in [1.29, 1.82) is 0 Å². The number of aromatic nitrogens is 1. The van der Waals surface area contributed by atoms with Gasteiger partial charge in [0, 0.05) is 35.1 Å². The van der Waals surface area contributed by atoms with Crippen LogP contribution in [-0.2, 0) is 23.3 Å². The third-order valence-electron chi connectivity index (χ3n) is 5.90. The fraction of sp³-hybridized carbons (Fsp3) is 0.192. The molecule has 0 saturated carbocycles. The van der Waals surface area contributed by atoms with Crippen molar-refractivity contribution in [2.24, 2.45) is 0 Å². The highest BCUT2D eigenvalue weighted by Gasteiger charge is 2.37. The Labute approximate surface area is 209 Å². The number of benzene rings is 3. The Morgan fingerprint density at radius 1 is 0.737 bits per heavy atom. The van der Waals surface area contributed by atoms with Gasteiger partial charge in [-0.2, -0.15) is 39.5 Å². The van der Waals surface area contributed by atoms with Gasteiger partial charge in [-0.25, -0.2) is 0 Å². The van der Waals surface area contributed by atoms with Crippen LogP contribution in [0.15, 0.2) is 72.9 Å². The maximum atomic E-state index is 13.2. The fourth-order valence-corrected chi connectivity index (χ4v) is 4.12. The number of aromatic amines is 1. The van der Waals surface area contributed by atoms with Crippen LogP contribution in [0.5, 0.6) is 0 Å². The van der Waals surface area contributed by atoms with Crippen LogP contribution < -0.4 is 5.32 Å². The summed E-state index contributed by atoms with van der Waals surface area (Å²) >= 11 is 0. The van der Waals surface area contributed by atoms with E-state index in [0.717, 1.165) is 12.1 Å². The summed E-state index contributed by atoms with van der Waals surface area (Å²) < 4.78 is 118. The van der Waals surface area contributed by atoms with Crippen molar-refractivity contribution in [1.82, 2.24) is 4.98 Å². The molecule has 0 fully saturated rings. The van der Waals surface area contributed by atoms with Gasteiger partial charge in [-0.1, -0.05) is 30.3 Å². The number of H-pyrrole nitrogens is 1. The molecule has 38 heavy (non-hydrogen) atoms. The monoisotopic (exact) mass is 544 g/mol. The molecule has 4 rings (SSSR count). The van der Waals surface area contributed by atoms with E-state index in [-0.39, 0.29) is 11.6 Å². The Kier molecular flexibility index (Phi) is 6.94. The minimum Gasteiger partial charge on any atom is -0.361 e. The summed E-state index contributed by atoms with van der Waals surface area (Å²) in [6.45, 7) is 0. The van der Waals surface area contributed by atoms with Crippen LogP contribution in [0.4, 0.5) is 45.2 Å². The van der Waals surface area contributed by atoms with E-state index in [1.807, 2.05) is 0 Å². The summed E-state index contributed by atoms with van der Waals surface area (Å²) in [4.78, 5) is 15.9. The number of para-hydroxylation sites is 1. The number of hydrogen-bond acceptors (Lipinski definition) is 1. The molecular formula is C26H17F9N2O. The molecule has 1 amide bonds. The molecule has 0 spiro atoms. The highest BCUT2D eigenvalue weighted by Crippen LogP contribution is 2.39. The molecule has 1 atom stereocenters.